The van der Waals surface area contributed by atoms with Gasteiger partial charge in [0, 0.05) is 19.6 Å². The van der Waals surface area contributed by atoms with Crippen LogP contribution in [0.15, 0.2) is 0 Å². The average molecular weight is 252 g/mol. The number of aliphatic carboxylic acids is 1. The van der Waals surface area contributed by atoms with Crippen LogP contribution < -0.4 is 40.0 Å². The first-order chi connectivity index (χ1) is 7.29. The van der Waals surface area contributed by atoms with E-state index >= 15 is 0 Å². The second-order valence-corrected chi connectivity index (χ2v) is 4.75. The van der Waals surface area contributed by atoms with E-state index in [9.17, 15) is 14.7 Å². The molecule has 0 aromatic heterocycles. The van der Waals surface area contributed by atoms with E-state index < -0.39 is 23.7 Å². The average Bonchev–Trinajstić information content (AvgIpc) is 2.15. The van der Waals surface area contributed by atoms with Gasteiger partial charge in [-0.05, 0) is 20.8 Å². The molecule has 0 aliphatic carbocycles. The molecule has 1 saturated heterocycles. The van der Waals surface area contributed by atoms with Crippen molar-refractivity contribution in [2.75, 3.05) is 19.6 Å². The fraction of sp³-hybridized carbons (Fsp3) is 0.800. The van der Waals surface area contributed by atoms with Gasteiger partial charge in [0.1, 0.15) is 5.60 Å². The standard InChI is InChI=1S/C10H18N2O4.Na/c1-10(2,3)16-9(15)12-5-4-11-7(6-12)8(13)14;/h7,11H,4-6H2,1-3H3,(H,13,14);/q;+1/p-1. The number of nitrogens with one attached hydrogen (secondary N) is 1. The van der Waals surface area contributed by atoms with E-state index in [1.165, 1.54) is 4.90 Å². The molecule has 1 fully saturated rings. The van der Waals surface area contributed by atoms with E-state index in [0.717, 1.165) is 0 Å². The Balaban J connectivity index is 0.00000256. The molecular weight excluding hydrogens is 235 g/mol. The number of carboxylic acids is 1. The molecule has 1 heterocycles. The van der Waals surface area contributed by atoms with Gasteiger partial charge in [-0.25, -0.2) is 4.79 Å². The van der Waals surface area contributed by atoms with Crippen molar-refractivity contribution in [3.63, 3.8) is 0 Å². The molecule has 1 unspecified atom stereocenters. The fourth-order valence-corrected chi connectivity index (χ4v) is 1.40. The number of hydrogen-bond donors (Lipinski definition) is 1. The Morgan fingerprint density at radius 1 is 1.41 bits per heavy atom. The van der Waals surface area contributed by atoms with Crippen LogP contribution in [0.2, 0.25) is 0 Å². The van der Waals surface area contributed by atoms with Crippen molar-refractivity contribution in [3.8, 4) is 0 Å². The van der Waals surface area contributed by atoms with Gasteiger partial charge in [0.05, 0.1) is 12.0 Å². The van der Waals surface area contributed by atoms with E-state index in [-0.39, 0.29) is 36.1 Å². The van der Waals surface area contributed by atoms with E-state index in [2.05, 4.69) is 5.32 Å². The predicted octanol–water partition coefficient (Wildman–Crippen LogP) is -4.05. The van der Waals surface area contributed by atoms with Crippen molar-refractivity contribution in [2.24, 2.45) is 0 Å². The topological polar surface area (TPSA) is 81.7 Å². The Hall–Kier alpha value is -0.300. The zero-order chi connectivity index (χ0) is 12.3. The van der Waals surface area contributed by atoms with E-state index in [1.54, 1.807) is 20.8 Å². The van der Waals surface area contributed by atoms with Gasteiger partial charge in [0.25, 0.3) is 0 Å². The monoisotopic (exact) mass is 252 g/mol. The van der Waals surface area contributed by atoms with E-state index in [4.69, 9.17) is 4.74 Å². The Morgan fingerprint density at radius 2 is 2.00 bits per heavy atom. The molecule has 92 valence electrons. The van der Waals surface area contributed by atoms with Crippen LogP contribution in [0.3, 0.4) is 0 Å². The maximum absolute atomic E-state index is 11.6. The number of rotatable bonds is 1. The summed E-state index contributed by atoms with van der Waals surface area (Å²) in [5, 5.41) is 13.4. The third-order valence-electron chi connectivity index (χ3n) is 2.11. The van der Waals surface area contributed by atoms with Gasteiger partial charge in [-0.3, -0.25) is 0 Å². The fourth-order valence-electron chi connectivity index (χ4n) is 1.40. The summed E-state index contributed by atoms with van der Waals surface area (Å²) in [6, 6.07) is -0.818. The summed E-state index contributed by atoms with van der Waals surface area (Å²) in [5.41, 5.74) is -0.571. The minimum absolute atomic E-state index is 0. The maximum Gasteiger partial charge on any atom is 1.00 e. The molecule has 0 spiro atoms. The van der Waals surface area contributed by atoms with Crippen LogP contribution >= 0.6 is 0 Å². The zero-order valence-electron chi connectivity index (χ0n) is 10.8. The molecule has 0 bridgehead atoms. The van der Waals surface area contributed by atoms with Crippen molar-refractivity contribution in [3.05, 3.63) is 0 Å². The molecule has 0 radical (unpaired) electrons. The van der Waals surface area contributed by atoms with Crippen LogP contribution in [-0.4, -0.2) is 48.2 Å². The van der Waals surface area contributed by atoms with Gasteiger partial charge in [0.2, 0.25) is 0 Å². The zero-order valence-corrected chi connectivity index (χ0v) is 12.8. The predicted molar refractivity (Wildman–Crippen MR) is 54.6 cm³/mol. The molecule has 0 aromatic carbocycles. The van der Waals surface area contributed by atoms with Crippen LogP contribution in [0.1, 0.15) is 20.8 Å². The molecule has 1 atom stereocenters. The van der Waals surface area contributed by atoms with Crippen molar-refractivity contribution in [2.45, 2.75) is 32.4 Å². The molecule has 1 aliphatic heterocycles. The van der Waals surface area contributed by atoms with Crippen molar-refractivity contribution >= 4 is 12.1 Å². The van der Waals surface area contributed by atoms with E-state index in [0.29, 0.717) is 13.1 Å². The molecule has 6 nitrogen and oxygen atoms in total. The smallest absolute Gasteiger partial charge is 0.548 e. The summed E-state index contributed by atoms with van der Waals surface area (Å²) in [5.74, 6) is -1.20. The van der Waals surface area contributed by atoms with Crippen molar-refractivity contribution < 1.29 is 49.0 Å². The summed E-state index contributed by atoms with van der Waals surface area (Å²) < 4.78 is 5.15. The minimum atomic E-state index is -1.20. The number of carbonyl (C=O) groups excluding carboxylic acids is 2. The van der Waals surface area contributed by atoms with Crippen LogP contribution in [0, 0.1) is 0 Å². The van der Waals surface area contributed by atoms with Crippen LogP contribution in [0.5, 0.6) is 0 Å². The first kappa shape index (κ1) is 16.7. The Bertz CT molecular complexity index is 291. The van der Waals surface area contributed by atoms with Gasteiger partial charge < -0.3 is 24.9 Å². The molecule has 1 amide bonds. The number of carboxylic acid groups (broad SMARTS) is 1. The summed E-state index contributed by atoms with van der Waals surface area (Å²) in [6.07, 6.45) is -0.486. The van der Waals surface area contributed by atoms with E-state index in [1.807, 2.05) is 0 Å². The minimum Gasteiger partial charge on any atom is -0.548 e. The van der Waals surface area contributed by atoms with Gasteiger partial charge >= 0.3 is 35.7 Å². The molecule has 0 aromatic rings. The number of nitrogens with zero attached hydrogens (tertiary/aromatic N) is 1. The molecule has 7 heteroatoms. The summed E-state index contributed by atoms with van der Waals surface area (Å²) >= 11 is 0. The van der Waals surface area contributed by atoms with Gasteiger partial charge in [0.15, 0.2) is 0 Å². The Kier molecular flexibility index (Phi) is 6.47. The summed E-state index contributed by atoms with van der Waals surface area (Å²) in [7, 11) is 0. The second-order valence-electron chi connectivity index (χ2n) is 4.75. The maximum atomic E-state index is 11.6. The SMILES string of the molecule is CC(C)(C)OC(=O)N1CCNC(C(=O)[O-])C1.[Na+]. The van der Waals surface area contributed by atoms with Gasteiger partial charge in [-0.15, -0.1) is 0 Å². The van der Waals surface area contributed by atoms with Crippen LogP contribution in [0.25, 0.3) is 0 Å². The first-order valence-corrected chi connectivity index (χ1v) is 5.22. The van der Waals surface area contributed by atoms with Crippen LogP contribution in [-0.2, 0) is 9.53 Å². The molecular formula is C10H17N2NaO4. The molecule has 0 saturated carbocycles. The Labute approximate surface area is 123 Å². The largest absolute Gasteiger partial charge is 1.00 e. The number of carbonyl (C=O) groups is 2. The molecule has 1 N–H and O–H groups in total. The van der Waals surface area contributed by atoms with Gasteiger partial charge in [-0.2, -0.15) is 0 Å². The molecule has 17 heavy (non-hydrogen) atoms. The Morgan fingerprint density at radius 3 is 2.47 bits per heavy atom. The number of amides is 1. The van der Waals surface area contributed by atoms with Crippen molar-refractivity contribution in [1.29, 1.82) is 0 Å². The number of ether oxygens (including phenoxy) is 1. The summed E-state index contributed by atoms with van der Waals surface area (Å²) in [6.45, 7) is 6.25. The normalized spacial score (nSPS) is 20.4. The molecule has 1 rings (SSSR count). The quantitative estimate of drug-likeness (QED) is 0.480. The van der Waals surface area contributed by atoms with Gasteiger partial charge in [-0.1, -0.05) is 0 Å². The molecule has 1 aliphatic rings. The summed E-state index contributed by atoms with van der Waals surface area (Å²) in [4.78, 5) is 23.7. The second kappa shape index (κ2) is 6.58. The third-order valence-corrected chi connectivity index (χ3v) is 2.11. The van der Waals surface area contributed by atoms with Crippen LogP contribution in [0.4, 0.5) is 4.79 Å². The number of hydrogen-bond acceptors (Lipinski definition) is 5. The third kappa shape index (κ3) is 5.72. The number of piperazine rings is 1. The first-order valence-electron chi connectivity index (χ1n) is 5.22. The van der Waals surface area contributed by atoms with Crippen molar-refractivity contribution in [1.82, 2.24) is 10.2 Å².